The number of ether oxygens (including phenoxy) is 4. The molecule has 0 saturated heterocycles. The van der Waals surface area contributed by atoms with Gasteiger partial charge in [0.2, 0.25) is 11.8 Å². The van der Waals surface area contributed by atoms with E-state index in [9.17, 15) is 0 Å². The van der Waals surface area contributed by atoms with E-state index in [4.69, 9.17) is 28.9 Å². The van der Waals surface area contributed by atoms with Crippen LogP contribution in [0.4, 0.5) is 11.4 Å². The average molecular weight is 557 g/mol. The van der Waals surface area contributed by atoms with Crippen molar-refractivity contribution in [3.05, 3.63) is 156 Å². The van der Waals surface area contributed by atoms with Gasteiger partial charge in [-0.25, -0.2) is 9.98 Å². The number of methoxy groups -OCH3 is 2. The maximum atomic E-state index is 6.11. The lowest BCUT2D eigenvalue weighted by atomic mass is 10.2. The smallest absolute Gasteiger partial charge is 0.224 e. The summed E-state index contributed by atoms with van der Waals surface area (Å²) >= 11 is 0. The van der Waals surface area contributed by atoms with Crippen molar-refractivity contribution in [3.63, 3.8) is 0 Å². The molecule has 0 N–H and O–H groups in total. The molecule has 0 aliphatic heterocycles. The molecule has 210 valence electrons. The number of hydrogen-bond donors (Lipinski definition) is 0. The maximum absolute atomic E-state index is 6.11. The molecule has 0 aromatic heterocycles. The molecular formula is C36H32N2O4. The van der Waals surface area contributed by atoms with Gasteiger partial charge in [-0.05, 0) is 59.7 Å². The molecule has 0 radical (unpaired) electrons. The molecule has 0 unspecified atom stereocenters. The minimum Gasteiger partial charge on any atom is -0.488 e. The number of hydrogen-bond acceptors (Lipinski definition) is 6. The first-order valence-electron chi connectivity index (χ1n) is 13.6. The molecule has 0 amide bonds. The van der Waals surface area contributed by atoms with E-state index in [0.29, 0.717) is 47.9 Å². The van der Waals surface area contributed by atoms with Crippen LogP contribution in [0.3, 0.4) is 0 Å². The van der Waals surface area contributed by atoms with Gasteiger partial charge in [0.1, 0.15) is 24.7 Å². The fraction of sp³-hybridized carbons (Fsp3) is 0.111. The van der Waals surface area contributed by atoms with Crippen LogP contribution >= 0.6 is 0 Å². The Hall–Kier alpha value is -5.36. The Morgan fingerprint density at radius 3 is 1.19 bits per heavy atom. The van der Waals surface area contributed by atoms with E-state index in [-0.39, 0.29) is 0 Å². The lowest BCUT2D eigenvalue weighted by Crippen LogP contribution is -2.07. The van der Waals surface area contributed by atoms with Crippen molar-refractivity contribution >= 4 is 23.2 Å². The van der Waals surface area contributed by atoms with Crippen molar-refractivity contribution in [2.45, 2.75) is 13.2 Å². The minimum atomic E-state index is 0.448. The molecule has 0 aliphatic carbocycles. The third kappa shape index (κ3) is 7.43. The normalized spacial score (nSPS) is 11.6. The molecule has 0 bridgehead atoms. The highest BCUT2D eigenvalue weighted by molar-refractivity contribution is 5.99. The summed E-state index contributed by atoms with van der Waals surface area (Å²) in [6.45, 7) is 0.896. The average Bonchev–Trinajstić information content (AvgIpc) is 3.06. The number of nitrogens with zero attached hydrogens (tertiary/aromatic N) is 2. The highest BCUT2D eigenvalue weighted by Crippen LogP contribution is 2.27. The molecule has 0 aliphatic rings. The zero-order valence-electron chi connectivity index (χ0n) is 23.6. The van der Waals surface area contributed by atoms with Crippen LogP contribution < -0.4 is 9.47 Å². The van der Waals surface area contributed by atoms with Gasteiger partial charge in [0.15, 0.2) is 0 Å². The molecule has 5 aromatic carbocycles. The van der Waals surface area contributed by atoms with Crippen molar-refractivity contribution in [3.8, 4) is 11.5 Å². The zero-order chi connectivity index (χ0) is 29.0. The third-order valence-corrected chi connectivity index (χ3v) is 6.41. The maximum Gasteiger partial charge on any atom is 0.224 e. The molecule has 5 aromatic rings. The van der Waals surface area contributed by atoms with Crippen LogP contribution in [0.2, 0.25) is 0 Å². The molecule has 0 atom stereocenters. The van der Waals surface area contributed by atoms with Crippen LogP contribution in [-0.2, 0) is 22.7 Å². The highest BCUT2D eigenvalue weighted by Gasteiger charge is 2.13. The van der Waals surface area contributed by atoms with Gasteiger partial charge in [0.25, 0.3) is 0 Å². The van der Waals surface area contributed by atoms with Gasteiger partial charge in [-0.15, -0.1) is 0 Å². The van der Waals surface area contributed by atoms with Crippen LogP contribution in [0.15, 0.2) is 143 Å². The van der Waals surface area contributed by atoms with E-state index in [2.05, 4.69) is 0 Å². The van der Waals surface area contributed by atoms with Gasteiger partial charge < -0.3 is 18.9 Å². The molecule has 0 spiro atoms. The quantitative estimate of drug-likeness (QED) is 0.128. The monoisotopic (exact) mass is 556 g/mol. The number of aliphatic imine (C=N–C) groups is 2. The van der Waals surface area contributed by atoms with Crippen LogP contribution in [0.1, 0.15) is 22.3 Å². The summed E-state index contributed by atoms with van der Waals surface area (Å²) < 4.78 is 23.6. The molecular weight excluding hydrogens is 524 g/mol. The van der Waals surface area contributed by atoms with Crippen LogP contribution in [0, 0.1) is 0 Å². The first kappa shape index (κ1) is 28.2. The Balaban J connectivity index is 1.33. The van der Waals surface area contributed by atoms with Crippen molar-refractivity contribution in [2.75, 3.05) is 14.2 Å². The third-order valence-electron chi connectivity index (χ3n) is 6.41. The van der Waals surface area contributed by atoms with Gasteiger partial charge in [0.05, 0.1) is 36.7 Å². The van der Waals surface area contributed by atoms with E-state index < -0.39 is 0 Å². The standard InChI is InChI=1S/C36H32N2O4/c1-39-35(31-17-9-11-19-33(31)41-25-27-13-5-3-6-14-27)37-29-21-23-30(24-22-29)38-36(40-2)32-18-10-12-20-34(32)42-26-28-15-7-4-8-16-28/h3-24H,25-26H2,1-2H3/b37-35-,38-36-. The first-order valence-corrected chi connectivity index (χ1v) is 13.6. The zero-order valence-corrected chi connectivity index (χ0v) is 23.6. The van der Waals surface area contributed by atoms with Crippen molar-refractivity contribution in [1.82, 2.24) is 0 Å². The van der Waals surface area contributed by atoms with Crippen LogP contribution in [0.5, 0.6) is 11.5 Å². The number of para-hydroxylation sites is 2. The molecule has 0 saturated carbocycles. The van der Waals surface area contributed by atoms with Crippen molar-refractivity contribution < 1.29 is 18.9 Å². The Labute approximate surface area is 246 Å². The second kappa shape index (κ2) is 14.3. The van der Waals surface area contributed by atoms with Crippen LogP contribution in [-0.4, -0.2) is 26.0 Å². The summed E-state index contributed by atoms with van der Waals surface area (Å²) in [7, 11) is 3.21. The van der Waals surface area contributed by atoms with E-state index in [1.807, 2.05) is 133 Å². The Morgan fingerprint density at radius 2 is 0.810 bits per heavy atom. The Kier molecular flexibility index (Phi) is 9.61. The first-order chi connectivity index (χ1) is 20.7. The molecule has 6 nitrogen and oxygen atoms in total. The van der Waals surface area contributed by atoms with E-state index in [1.54, 1.807) is 14.2 Å². The molecule has 5 rings (SSSR count). The molecule has 6 heteroatoms. The van der Waals surface area contributed by atoms with E-state index in [0.717, 1.165) is 22.3 Å². The number of benzene rings is 5. The van der Waals surface area contributed by atoms with E-state index >= 15 is 0 Å². The van der Waals surface area contributed by atoms with E-state index in [1.165, 1.54) is 0 Å². The fourth-order valence-electron chi connectivity index (χ4n) is 4.28. The Bertz CT molecular complexity index is 1510. The SMILES string of the molecule is CO/C(=N\c1ccc(/N=C(\OC)c2ccccc2OCc2ccccc2)cc1)c1ccccc1OCc1ccccc1. The summed E-state index contributed by atoms with van der Waals surface area (Å²) in [5.41, 5.74) is 5.14. The summed E-state index contributed by atoms with van der Waals surface area (Å²) in [6.07, 6.45) is 0. The number of rotatable bonds is 10. The highest BCUT2D eigenvalue weighted by atomic mass is 16.5. The van der Waals surface area contributed by atoms with Gasteiger partial charge in [-0.3, -0.25) is 0 Å². The van der Waals surface area contributed by atoms with Crippen molar-refractivity contribution in [1.29, 1.82) is 0 Å². The lowest BCUT2D eigenvalue weighted by Gasteiger charge is -2.13. The fourth-order valence-corrected chi connectivity index (χ4v) is 4.28. The van der Waals surface area contributed by atoms with Gasteiger partial charge in [-0.2, -0.15) is 0 Å². The molecule has 42 heavy (non-hydrogen) atoms. The topological polar surface area (TPSA) is 61.6 Å². The predicted molar refractivity (Wildman–Crippen MR) is 167 cm³/mol. The molecule has 0 heterocycles. The van der Waals surface area contributed by atoms with Crippen LogP contribution in [0.25, 0.3) is 0 Å². The second-order valence-electron chi connectivity index (χ2n) is 9.30. The predicted octanol–water partition coefficient (Wildman–Crippen LogP) is 8.29. The van der Waals surface area contributed by atoms with Crippen molar-refractivity contribution in [2.24, 2.45) is 9.98 Å². The Morgan fingerprint density at radius 1 is 0.452 bits per heavy atom. The lowest BCUT2D eigenvalue weighted by molar-refractivity contribution is 0.303. The summed E-state index contributed by atoms with van der Waals surface area (Å²) in [6, 6.07) is 43.1. The second-order valence-corrected chi connectivity index (χ2v) is 9.30. The van der Waals surface area contributed by atoms with Gasteiger partial charge >= 0.3 is 0 Å². The van der Waals surface area contributed by atoms with Gasteiger partial charge in [-0.1, -0.05) is 84.9 Å². The van der Waals surface area contributed by atoms with Gasteiger partial charge in [0, 0.05) is 0 Å². The largest absolute Gasteiger partial charge is 0.488 e. The summed E-state index contributed by atoms with van der Waals surface area (Å²) in [5, 5.41) is 0. The summed E-state index contributed by atoms with van der Waals surface area (Å²) in [4.78, 5) is 9.49. The minimum absolute atomic E-state index is 0.448. The molecule has 0 fully saturated rings. The summed E-state index contributed by atoms with van der Waals surface area (Å²) in [5.74, 6) is 2.30.